The first-order valence-electron chi connectivity index (χ1n) is 8.74. The monoisotopic (exact) mass is 387 g/mol. The molecule has 28 heavy (non-hydrogen) atoms. The molecule has 0 spiro atoms. The summed E-state index contributed by atoms with van der Waals surface area (Å²) in [7, 11) is 0. The number of rotatable bonds is 5. The average Bonchev–Trinajstić information content (AvgIpc) is 3.36. The van der Waals surface area contributed by atoms with Crippen LogP contribution in [0.2, 0.25) is 0 Å². The van der Waals surface area contributed by atoms with E-state index in [1.807, 2.05) is 6.07 Å². The van der Waals surface area contributed by atoms with Crippen molar-refractivity contribution >= 4 is 5.91 Å². The summed E-state index contributed by atoms with van der Waals surface area (Å²) in [5.74, 6) is -0.257. The topological polar surface area (TPSA) is 72.7 Å². The number of aromatic nitrogens is 4. The fraction of sp³-hybridized carbons (Fsp3) is 0.263. The van der Waals surface area contributed by atoms with Crippen LogP contribution in [0.1, 0.15) is 30.0 Å². The predicted octanol–water partition coefficient (Wildman–Crippen LogP) is 3.23. The highest BCUT2D eigenvalue weighted by atomic mass is 19.4. The molecule has 0 bridgehead atoms. The quantitative estimate of drug-likeness (QED) is 0.730. The van der Waals surface area contributed by atoms with Gasteiger partial charge in [-0.15, -0.1) is 15.0 Å². The Kier molecular flexibility index (Phi) is 4.58. The van der Waals surface area contributed by atoms with Crippen LogP contribution in [-0.2, 0) is 11.0 Å². The van der Waals surface area contributed by atoms with Crippen molar-refractivity contribution < 1.29 is 18.0 Å². The lowest BCUT2D eigenvalue weighted by Gasteiger charge is -2.15. The van der Waals surface area contributed by atoms with E-state index in [0.717, 1.165) is 29.8 Å². The molecule has 1 atom stereocenters. The highest BCUT2D eigenvalue weighted by Gasteiger charge is 2.32. The molecule has 1 aromatic heterocycles. The zero-order valence-electron chi connectivity index (χ0n) is 14.6. The van der Waals surface area contributed by atoms with Crippen LogP contribution < -0.4 is 5.32 Å². The largest absolute Gasteiger partial charge is 0.416 e. The second kappa shape index (κ2) is 7.06. The molecule has 1 amide bonds. The maximum absolute atomic E-state index is 13.0. The number of carbonyl (C=O) groups excluding carboxylic acids is 1. The number of nitrogens with one attached hydrogen (secondary N) is 1. The first kappa shape index (κ1) is 18.1. The van der Waals surface area contributed by atoms with Crippen LogP contribution in [-0.4, -0.2) is 32.2 Å². The van der Waals surface area contributed by atoms with E-state index in [4.69, 9.17) is 0 Å². The number of tetrazole rings is 1. The van der Waals surface area contributed by atoms with Crippen LogP contribution in [0.25, 0.3) is 11.4 Å². The first-order chi connectivity index (χ1) is 13.4. The molecule has 1 aliphatic carbocycles. The maximum Gasteiger partial charge on any atom is 0.416 e. The Morgan fingerprint density at radius 3 is 2.54 bits per heavy atom. The van der Waals surface area contributed by atoms with E-state index in [0.29, 0.717) is 5.56 Å². The van der Waals surface area contributed by atoms with E-state index >= 15 is 0 Å². The van der Waals surface area contributed by atoms with E-state index in [9.17, 15) is 18.0 Å². The summed E-state index contributed by atoms with van der Waals surface area (Å²) >= 11 is 0. The van der Waals surface area contributed by atoms with E-state index in [-0.39, 0.29) is 23.3 Å². The minimum absolute atomic E-state index is 0.0197. The third kappa shape index (κ3) is 3.88. The van der Waals surface area contributed by atoms with Crippen LogP contribution in [0.15, 0.2) is 54.6 Å². The normalized spacial score (nSPS) is 15.2. The molecular weight excluding hydrogens is 371 g/mol. The van der Waals surface area contributed by atoms with Crippen molar-refractivity contribution in [2.24, 2.45) is 0 Å². The first-order valence-corrected chi connectivity index (χ1v) is 8.74. The van der Waals surface area contributed by atoms with Gasteiger partial charge in [-0.3, -0.25) is 4.79 Å². The van der Waals surface area contributed by atoms with E-state index < -0.39 is 17.8 Å². The van der Waals surface area contributed by atoms with Crippen molar-refractivity contribution in [2.75, 3.05) is 0 Å². The second-order valence-electron chi connectivity index (χ2n) is 6.61. The van der Waals surface area contributed by atoms with E-state index in [1.165, 1.54) is 12.1 Å². The van der Waals surface area contributed by atoms with Gasteiger partial charge in [-0.05, 0) is 35.8 Å². The zero-order chi connectivity index (χ0) is 19.7. The summed E-state index contributed by atoms with van der Waals surface area (Å²) in [4.78, 5) is 13.9. The summed E-state index contributed by atoms with van der Waals surface area (Å²) in [6, 6.07) is 12.9. The maximum atomic E-state index is 13.0. The van der Waals surface area contributed by atoms with Gasteiger partial charge in [0, 0.05) is 11.6 Å². The third-order valence-electron chi connectivity index (χ3n) is 4.39. The standard InChI is InChI=1S/C19H16F3N5O/c20-19(21,22)14-8-4-7-13(11-14)17-24-26-27(25-17)16(12-5-2-1-3-6-12)18(28)23-15-9-10-15/h1-8,11,15-16H,9-10H2,(H,23,28). The van der Waals surface area contributed by atoms with Crippen LogP contribution in [0.4, 0.5) is 13.2 Å². The highest BCUT2D eigenvalue weighted by molar-refractivity contribution is 5.83. The smallest absolute Gasteiger partial charge is 0.351 e. The minimum Gasteiger partial charge on any atom is -0.351 e. The molecule has 1 heterocycles. The van der Waals surface area contributed by atoms with Crippen molar-refractivity contribution in [1.82, 2.24) is 25.5 Å². The predicted molar refractivity (Wildman–Crippen MR) is 94.0 cm³/mol. The Balaban J connectivity index is 1.68. The number of carbonyl (C=O) groups is 1. The van der Waals surface area contributed by atoms with Crippen LogP contribution >= 0.6 is 0 Å². The number of hydrogen-bond donors (Lipinski definition) is 1. The van der Waals surface area contributed by atoms with Gasteiger partial charge < -0.3 is 5.32 Å². The van der Waals surface area contributed by atoms with Crippen molar-refractivity contribution in [3.8, 4) is 11.4 Å². The van der Waals surface area contributed by atoms with Crippen molar-refractivity contribution in [3.63, 3.8) is 0 Å². The fourth-order valence-corrected chi connectivity index (χ4v) is 2.82. The molecule has 3 aromatic rings. The van der Waals surface area contributed by atoms with Gasteiger partial charge in [-0.25, -0.2) is 0 Å². The highest BCUT2D eigenvalue weighted by Crippen LogP contribution is 2.31. The van der Waals surface area contributed by atoms with Gasteiger partial charge in [0.1, 0.15) is 0 Å². The molecule has 144 valence electrons. The summed E-state index contributed by atoms with van der Waals surface area (Å²) in [5.41, 5.74) is 0.0385. The van der Waals surface area contributed by atoms with Crippen LogP contribution in [0.5, 0.6) is 0 Å². The lowest BCUT2D eigenvalue weighted by atomic mass is 10.1. The molecule has 2 aromatic carbocycles. The number of nitrogens with zero attached hydrogens (tertiary/aromatic N) is 4. The van der Waals surface area contributed by atoms with E-state index in [2.05, 4.69) is 20.7 Å². The third-order valence-corrected chi connectivity index (χ3v) is 4.39. The van der Waals surface area contributed by atoms with Crippen molar-refractivity contribution in [1.29, 1.82) is 0 Å². The van der Waals surface area contributed by atoms with Gasteiger partial charge >= 0.3 is 6.18 Å². The Bertz CT molecular complexity index is 982. The van der Waals surface area contributed by atoms with Gasteiger partial charge in [0.15, 0.2) is 6.04 Å². The summed E-state index contributed by atoms with van der Waals surface area (Å²) in [6.07, 6.45) is -2.62. The number of halogens is 3. The molecule has 1 N–H and O–H groups in total. The molecule has 6 nitrogen and oxygen atoms in total. The number of alkyl halides is 3. The van der Waals surface area contributed by atoms with Gasteiger partial charge in [-0.1, -0.05) is 42.5 Å². The Morgan fingerprint density at radius 2 is 1.86 bits per heavy atom. The van der Waals surface area contributed by atoms with Gasteiger partial charge in [0.05, 0.1) is 5.56 Å². The van der Waals surface area contributed by atoms with Gasteiger partial charge in [-0.2, -0.15) is 13.2 Å². The molecular formula is C19H16F3N5O. The number of amides is 1. The molecule has 4 rings (SSSR count). The minimum atomic E-state index is -4.47. The number of hydrogen-bond acceptors (Lipinski definition) is 4. The molecule has 1 saturated carbocycles. The summed E-state index contributed by atoms with van der Waals surface area (Å²) < 4.78 is 38.9. The molecule has 0 aliphatic heterocycles. The lowest BCUT2D eigenvalue weighted by Crippen LogP contribution is -2.35. The molecule has 1 aliphatic rings. The van der Waals surface area contributed by atoms with Gasteiger partial charge in [0.2, 0.25) is 5.82 Å². The molecule has 0 saturated heterocycles. The Hall–Kier alpha value is -3.23. The lowest BCUT2D eigenvalue weighted by molar-refractivity contribution is -0.137. The zero-order valence-corrected chi connectivity index (χ0v) is 14.6. The molecule has 1 unspecified atom stereocenters. The number of benzene rings is 2. The van der Waals surface area contributed by atoms with Crippen LogP contribution in [0, 0.1) is 0 Å². The Morgan fingerprint density at radius 1 is 1.11 bits per heavy atom. The SMILES string of the molecule is O=C(NC1CC1)C(c1ccccc1)n1nnc(-c2cccc(C(F)(F)F)c2)n1. The van der Waals surface area contributed by atoms with Crippen LogP contribution in [0.3, 0.4) is 0 Å². The fourth-order valence-electron chi connectivity index (χ4n) is 2.82. The Labute approximate surface area is 158 Å². The van der Waals surface area contributed by atoms with Crippen molar-refractivity contribution in [3.05, 3.63) is 65.7 Å². The summed E-state index contributed by atoms with van der Waals surface area (Å²) in [6.45, 7) is 0. The average molecular weight is 387 g/mol. The molecule has 9 heteroatoms. The molecule has 1 fully saturated rings. The van der Waals surface area contributed by atoms with E-state index in [1.54, 1.807) is 24.3 Å². The second-order valence-corrected chi connectivity index (χ2v) is 6.61. The van der Waals surface area contributed by atoms with Crippen molar-refractivity contribution in [2.45, 2.75) is 31.1 Å². The molecule has 0 radical (unpaired) electrons. The summed E-state index contributed by atoms with van der Waals surface area (Å²) in [5, 5.41) is 14.9. The van der Waals surface area contributed by atoms with Gasteiger partial charge in [0.25, 0.3) is 5.91 Å².